The largest absolute Gasteiger partial charge is 0.293 e. The second-order valence-corrected chi connectivity index (χ2v) is 8.86. The van der Waals surface area contributed by atoms with Crippen LogP contribution >= 0.6 is 35.3 Å². The van der Waals surface area contributed by atoms with Gasteiger partial charge in [-0.3, -0.25) is 4.79 Å². The van der Waals surface area contributed by atoms with Gasteiger partial charge in [0.05, 0.1) is 11.4 Å². The number of carbonyl (C=O) groups excluding carboxylic acids is 1. The van der Waals surface area contributed by atoms with Crippen LogP contribution in [0, 0.1) is 9.77 Å². The summed E-state index contributed by atoms with van der Waals surface area (Å²) in [6, 6.07) is 13.7. The topological polar surface area (TPSA) is 34.9 Å². The molecule has 0 saturated carbocycles. The molecule has 0 saturated heterocycles. The molecule has 0 aliphatic carbocycles. The normalized spacial score (nSPS) is 11.1. The van der Waals surface area contributed by atoms with Gasteiger partial charge >= 0.3 is 0 Å². The number of ketones is 1. The van der Waals surface area contributed by atoms with Crippen molar-refractivity contribution in [1.29, 1.82) is 0 Å². The van der Waals surface area contributed by atoms with Crippen molar-refractivity contribution in [3.63, 3.8) is 0 Å². The van der Waals surface area contributed by atoms with Crippen molar-refractivity contribution in [3.05, 3.63) is 69.4 Å². The summed E-state index contributed by atoms with van der Waals surface area (Å²) in [5, 5.41) is 4.43. The number of hydrogen-bond donors (Lipinski definition) is 0. The predicted octanol–water partition coefficient (Wildman–Crippen LogP) is 5.90. The third-order valence-electron chi connectivity index (χ3n) is 3.83. The third kappa shape index (κ3) is 4.47. The molecule has 0 amide bonds. The van der Waals surface area contributed by atoms with E-state index in [4.69, 9.17) is 12.2 Å². The molecule has 0 N–H and O–H groups in total. The molecule has 1 aromatic heterocycles. The predicted molar refractivity (Wildman–Crippen MR) is 108 cm³/mol. The maximum Gasteiger partial charge on any atom is 0.184 e. The van der Waals surface area contributed by atoms with Crippen LogP contribution in [0.25, 0.3) is 5.69 Å². The van der Waals surface area contributed by atoms with Crippen LogP contribution < -0.4 is 0 Å². The highest BCUT2D eigenvalue weighted by Gasteiger charge is 2.11. The van der Waals surface area contributed by atoms with Crippen LogP contribution in [0.5, 0.6) is 0 Å². The van der Waals surface area contributed by atoms with E-state index in [0.29, 0.717) is 31.2 Å². The van der Waals surface area contributed by atoms with Crippen molar-refractivity contribution in [2.45, 2.75) is 24.1 Å². The Morgan fingerprint density at radius 3 is 2.46 bits per heavy atom. The fourth-order valence-corrected chi connectivity index (χ4v) is 4.58. The molecular weight excluding hydrogens is 387 g/mol. The molecule has 0 spiro atoms. The van der Waals surface area contributed by atoms with Gasteiger partial charge in [-0.25, -0.2) is 9.07 Å². The molecule has 7 heteroatoms. The van der Waals surface area contributed by atoms with E-state index in [2.05, 4.69) is 18.9 Å². The molecule has 0 fully saturated rings. The van der Waals surface area contributed by atoms with E-state index in [1.165, 1.54) is 40.8 Å². The average molecular weight is 405 g/mol. The number of thioether (sulfide) groups is 1. The highest BCUT2D eigenvalue weighted by atomic mass is 32.2. The van der Waals surface area contributed by atoms with E-state index in [9.17, 15) is 9.18 Å². The maximum atomic E-state index is 13.1. The second kappa shape index (κ2) is 8.24. The van der Waals surface area contributed by atoms with Crippen LogP contribution in [-0.2, 0) is 0 Å². The lowest BCUT2D eigenvalue weighted by Crippen LogP contribution is -2.03. The molecule has 0 atom stereocenters. The van der Waals surface area contributed by atoms with Gasteiger partial charge < -0.3 is 0 Å². The number of nitrogens with zero attached hydrogens (tertiary/aromatic N) is 2. The first-order valence-corrected chi connectivity index (χ1v) is 10.3. The van der Waals surface area contributed by atoms with Gasteiger partial charge in [0.1, 0.15) is 5.82 Å². The smallest absolute Gasteiger partial charge is 0.184 e. The molecule has 3 aromatic rings. The molecule has 134 valence electrons. The van der Waals surface area contributed by atoms with Crippen LogP contribution in [0.4, 0.5) is 4.39 Å². The number of Topliss-reactive ketones (excluding diaryl/α,β-unsaturated/α-hetero) is 1. The van der Waals surface area contributed by atoms with Crippen molar-refractivity contribution in [1.82, 2.24) is 9.78 Å². The van der Waals surface area contributed by atoms with Gasteiger partial charge in [0, 0.05) is 5.56 Å². The standard InChI is InChI=1S/C19H17FN2OS3/c1-12(2)13-3-5-14(6-4-13)17(23)11-25-18-21-22(19(24)26-18)16-9-7-15(20)8-10-16/h3-10,12H,11H2,1-2H3. The third-order valence-corrected chi connectivity index (χ3v) is 6.19. The summed E-state index contributed by atoms with van der Waals surface area (Å²) in [5.41, 5.74) is 2.61. The van der Waals surface area contributed by atoms with E-state index in [1.54, 1.807) is 16.8 Å². The summed E-state index contributed by atoms with van der Waals surface area (Å²) in [7, 11) is 0. The zero-order chi connectivity index (χ0) is 18.7. The minimum Gasteiger partial charge on any atom is -0.293 e. The monoisotopic (exact) mass is 404 g/mol. The number of halogens is 1. The van der Waals surface area contributed by atoms with Crippen LogP contribution in [0.2, 0.25) is 0 Å². The fraction of sp³-hybridized carbons (Fsp3) is 0.211. The number of hydrogen-bond acceptors (Lipinski definition) is 5. The first-order valence-electron chi connectivity index (χ1n) is 8.06. The molecule has 0 aliphatic rings. The van der Waals surface area contributed by atoms with E-state index in [1.807, 2.05) is 24.3 Å². The molecule has 26 heavy (non-hydrogen) atoms. The lowest BCUT2D eigenvalue weighted by Gasteiger charge is -2.06. The van der Waals surface area contributed by atoms with E-state index >= 15 is 0 Å². The van der Waals surface area contributed by atoms with Crippen molar-refractivity contribution in [2.75, 3.05) is 5.75 Å². The molecule has 0 radical (unpaired) electrons. The van der Waals surface area contributed by atoms with E-state index < -0.39 is 0 Å². The van der Waals surface area contributed by atoms with Gasteiger partial charge in [-0.05, 0) is 48.0 Å². The van der Waals surface area contributed by atoms with Crippen molar-refractivity contribution in [2.24, 2.45) is 0 Å². The van der Waals surface area contributed by atoms with Crippen LogP contribution in [-0.4, -0.2) is 21.3 Å². The summed E-state index contributed by atoms with van der Waals surface area (Å²) in [6.45, 7) is 4.25. The van der Waals surface area contributed by atoms with Crippen molar-refractivity contribution < 1.29 is 9.18 Å². The Balaban J connectivity index is 1.68. The Morgan fingerprint density at radius 2 is 1.85 bits per heavy atom. The molecule has 2 aromatic carbocycles. The molecule has 3 rings (SSSR count). The summed E-state index contributed by atoms with van der Waals surface area (Å²) in [5.74, 6) is 0.488. The Morgan fingerprint density at radius 1 is 1.19 bits per heavy atom. The fourth-order valence-electron chi connectivity index (χ4n) is 2.33. The van der Waals surface area contributed by atoms with Crippen molar-refractivity contribution >= 4 is 41.1 Å². The molecule has 3 nitrogen and oxygen atoms in total. The highest BCUT2D eigenvalue weighted by molar-refractivity contribution is 8.01. The Labute approximate surface area is 164 Å². The van der Waals surface area contributed by atoms with Gasteiger partial charge in [0.15, 0.2) is 14.1 Å². The van der Waals surface area contributed by atoms with Crippen LogP contribution in [0.3, 0.4) is 0 Å². The molecule has 0 unspecified atom stereocenters. The van der Waals surface area contributed by atoms with Crippen molar-refractivity contribution in [3.8, 4) is 5.69 Å². The first-order chi connectivity index (χ1) is 12.4. The molecular formula is C19H17FN2OS3. The van der Waals surface area contributed by atoms with E-state index in [-0.39, 0.29) is 11.6 Å². The zero-order valence-corrected chi connectivity index (χ0v) is 16.8. The lowest BCUT2D eigenvalue weighted by atomic mass is 10.0. The number of rotatable bonds is 6. The van der Waals surface area contributed by atoms with Gasteiger partial charge in [0.25, 0.3) is 0 Å². The van der Waals surface area contributed by atoms with Crippen LogP contribution in [0.15, 0.2) is 52.9 Å². The minimum absolute atomic E-state index is 0.0553. The van der Waals surface area contributed by atoms with Gasteiger partial charge in [-0.15, -0.1) is 5.10 Å². The number of aromatic nitrogens is 2. The maximum absolute atomic E-state index is 13.1. The van der Waals surface area contributed by atoms with Gasteiger partial charge in [0.2, 0.25) is 0 Å². The first kappa shape index (κ1) is 18.9. The second-order valence-electron chi connectivity index (χ2n) is 6.01. The van der Waals surface area contributed by atoms with Gasteiger partial charge in [-0.1, -0.05) is 61.2 Å². The summed E-state index contributed by atoms with van der Waals surface area (Å²) >= 11 is 8.03. The number of carbonyl (C=O) groups is 1. The SMILES string of the molecule is CC(C)c1ccc(C(=O)CSc2nn(-c3ccc(F)cc3)c(=S)s2)cc1. The van der Waals surface area contributed by atoms with Gasteiger partial charge in [-0.2, -0.15) is 0 Å². The Bertz CT molecular complexity index is 960. The molecule has 1 heterocycles. The van der Waals surface area contributed by atoms with Crippen LogP contribution in [0.1, 0.15) is 35.7 Å². The average Bonchev–Trinajstić information content (AvgIpc) is 3.01. The summed E-state index contributed by atoms with van der Waals surface area (Å²) in [4.78, 5) is 12.4. The zero-order valence-electron chi connectivity index (χ0n) is 14.3. The molecule has 0 bridgehead atoms. The number of benzene rings is 2. The summed E-state index contributed by atoms with van der Waals surface area (Å²) in [6.07, 6.45) is 0. The highest BCUT2D eigenvalue weighted by Crippen LogP contribution is 2.25. The Hall–Kier alpha value is -1.83. The van der Waals surface area contributed by atoms with E-state index in [0.717, 1.165) is 0 Å². The quantitative estimate of drug-likeness (QED) is 0.291. The summed E-state index contributed by atoms with van der Waals surface area (Å²) < 4.78 is 15.9. The lowest BCUT2D eigenvalue weighted by molar-refractivity contribution is 0.102. The molecule has 0 aliphatic heterocycles. The Kier molecular flexibility index (Phi) is 6.01. The minimum atomic E-state index is -0.306.